The topological polar surface area (TPSA) is 43.1 Å². The molecule has 0 aromatic carbocycles. The summed E-state index contributed by atoms with van der Waals surface area (Å²) in [4.78, 5) is 10.2. The molecule has 0 bridgehead atoms. The molecule has 104 valence electrons. The molecule has 4 heteroatoms. The van der Waals surface area contributed by atoms with Crippen molar-refractivity contribution in [3.8, 4) is 11.5 Å². The van der Waals surface area contributed by atoms with Gasteiger partial charge in [0.05, 0.1) is 5.92 Å². The zero-order chi connectivity index (χ0) is 14.5. The third-order valence-electron chi connectivity index (χ3n) is 3.82. The first-order valence-corrected chi connectivity index (χ1v) is 9.02. The highest BCUT2D eigenvalue weighted by Gasteiger charge is 2.41. The van der Waals surface area contributed by atoms with Crippen LogP contribution in [0.5, 0.6) is 0 Å². The van der Waals surface area contributed by atoms with E-state index in [2.05, 4.69) is 53.0 Å². The van der Waals surface area contributed by atoms with Gasteiger partial charge in [0.2, 0.25) is 6.54 Å². The predicted molar refractivity (Wildman–Crippen MR) is 79.8 cm³/mol. The minimum atomic E-state index is -1.73. The van der Waals surface area contributed by atoms with E-state index in [9.17, 15) is 10.1 Å². The zero-order valence-electron chi connectivity index (χ0n) is 12.8. The van der Waals surface area contributed by atoms with Gasteiger partial charge in [0.15, 0.2) is 0 Å². The fraction of sp³-hybridized carbons (Fsp3) is 0.857. The minimum absolute atomic E-state index is 0.0498. The van der Waals surface area contributed by atoms with Crippen molar-refractivity contribution in [2.24, 2.45) is 5.92 Å². The van der Waals surface area contributed by atoms with Gasteiger partial charge in [0, 0.05) is 4.92 Å². The largest absolute Gasteiger partial charge is 0.264 e. The normalized spacial score (nSPS) is 13.7. The molecule has 0 N–H and O–H groups in total. The number of hydrogen-bond acceptors (Lipinski definition) is 2. The summed E-state index contributed by atoms with van der Waals surface area (Å²) in [5.41, 5.74) is 5.25. The molecule has 18 heavy (non-hydrogen) atoms. The summed E-state index contributed by atoms with van der Waals surface area (Å²) in [7, 11) is -1.73. The first kappa shape index (κ1) is 17.2. The second-order valence-corrected chi connectivity index (χ2v) is 11.7. The Bertz CT molecular complexity index is 318. The van der Waals surface area contributed by atoms with Gasteiger partial charge in [-0.2, -0.15) is 0 Å². The molecule has 0 aromatic heterocycles. The molecule has 3 nitrogen and oxygen atoms in total. The van der Waals surface area contributed by atoms with Crippen molar-refractivity contribution in [1.29, 1.82) is 0 Å². The molecule has 0 fully saturated rings. The van der Waals surface area contributed by atoms with Crippen LogP contribution in [0.4, 0.5) is 0 Å². The Balaban J connectivity index is 5.25. The van der Waals surface area contributed by atoms with Gasteiger partial charge in [0.1, 0.15) is 8.07 Å². The van der Waals surface area contributed by atoms with Gasteiger partial charge in [-0.05, 0) is 23.5 Å². The lowest BCUT2D eigenvalue weighted by molar-refractivity contribution is -0.484. The summed E-state index contributed by atoms with van der Waals surface area (Å²) < 4.78 is 0. The third-order valence-corrected chi connectivity index (χ3v) is 10.1. The summed E-state index contributed by atoms with van der Waals surface area (Å²) in [6.07, 6.45) is 0. The fourth-order valence-corrected chi connectivity index (χ4v) is 8.31. The average molecular weight is 269 g/mol. The molecular weight excluding hydrogens is 242 g/mol. The number of hydrogen-bond donors (Lipinski definition) is 0. The Kier molecular flexibility index (Phi) is 6.62. The molecule has 0 radical (unpaired) electrons. The zero-order valence-corrected chi connectivity index (χ0v) is 13.8. The van der Waals surface area contributed by atoms with Crippen LogP contribution in [0.3, 0.4) is 0 Å². The third kappa shape index (κ3) is 4.13. The van der Waals surface area contributed by atoms with Crippen LogP contribution in [0.1, 0.15) is 48.5 Å². The van der Waals surface area contributed by atoms with Crippen LogP contribution < -0.4 is 0 Å². The van der Waals surface area contributed by atoms with Gasteiger partial charge in [-0.25, -0.2) is 0 Å². The van der Waals surface area contributed by atoms with Crippen molar-refractivity contribution in [1.82, 2.24) is 0 Å². The van der Waals surface area contributed by atoms with E-state index >= 15 is 0 Å². The van der Waals surface area contributed by atoms with Crippen LogP contribution in [-0.2, 0) is 0 Å². The standard InChI is InChI=1S/C14H27NO2Si/c1-11(2)18(12(3)4,13(5)6)9-8-14(7)10-15(16)17/h11-14H,10H2,1-7H3/t14-/m1/s1. The molecule has 0 aromatic rings. The first-order chi connectivity index (χ1) is 8.14. The molecule has 0 amide bonds. The lowest BCUT2D eigenvalue weighted by Gasteiger charge is -2.38. The highest BCUT2D eigenvalue weighted by molar-refractivity contribution is 6.90. The first-order valence-electron chi connectivity index (χ1n) is 6.79. The number of nitrogens with zero attached hydrogens (tertiary/aromatic N) is 1. The Labute approximate surface area is 113 Å². The quantitative estimate of drug-likeness (QED) is 0.326. The van der Waals surface area contributed by atoms with E-state index in [-0.39, 0.29) is 17.4 Å². The number of nitro groups is 1. The second kappa shape index (κ2) is 6.94. The molecule has 0 aliphatic rings. The molecule has 0 saturated carbocycles. The van der Waals surface area contributed by atoms with E-state index < -0.39 is 8.07 Å². The molecule has 0 aliphatic heterocycles. The average Bonchev–Trinajstić information content (AvgIpc) is 2.15. The summed E-state index contributed by atoms with van der Waals surface area (Å²) >= 11 is 0. The van der Waals surface area contributed by atoms with Crippen molar-refractivity contribution >= 4 is 8.07 Å². The highest BCUT2D eigenvalue weighted by Crippen LogP contribution is 2.40. The van der Waals surface area contributed by atoms with Crippen molar-refractivity contribution in [3.63, 3.8) is 0 Å². The van der Waals surface area contributed by atoms with Crippen LogP contribution in [0, 0.1) is 27.5 Å². The summed E-state index contributed by atoms with van der Waals surface area (Å²) in [5, 5.41) is 10.5. The minimum Gasteiger partial charge on any atom is -0.264 e. The summed E-state index contributed by atoms with van der Waals surface area (Å²) in [6, 6.07) is 0. The van der Waals surface area contributed by atoms with Gasteiger partial charge in [0.25, 0.3) is 0 Å². The van der Waals surface area contributed by atoms with Crippen LogP contribution >= 0.6 is 0 Å². The van der Waals surface area contributed by atoms with E-state index in [1.807, 2.05) is 6.92 Å². The molecule has 0 spiro atoms. The SMILES string of the molecule is CC(C)[Si](C#C[C@@H](C)C[N+](=O)[O-])(C(C)C)C(C)C. The van der Waals surface area contributed by atoms with Gasteiger partial charge in [-0.1, -0.05) is 41.5 Å². The second-order valence-electron chi connectivity index (χ2n) is 6.08. The van der Waals surface area contributed by atoms with E-state index in [1.165, 1.54) is 0 Å². The van der Waals surface area contributed by atoms with Crippen LogP contribution in [0.2, 0.25) is 16.6 Å². The van der Waals surface area contributed by atoms with Crippen molar-refractivity contribution in [3.05, 3.63) is 10.1 Å². The highest BCUT2D eigenvalue weighted by atomic mass is 28.3. The lowest BCUT2D eigenvalue weighted by Crippen LogP contribution is -2.43. The van der Waals surface area contributed by atoms with E-state index in [4.69, 9.17) is 0 Å². The molecule has 0 heterocycles. The van der Waals surface area contributed by atoms with E-state index in [0.29, 0.717) is 16.6 Å². The Hall–Kier alpha value is -0.823. The van der Waals surface area contributed by atoms with Crippen LogP contribution in [0.15, 0.2) is 0 Å². The molecule has 0 saturated heterocycles. The van der Waals surface area contributed by atoms with Crippen LogP contribution in [-0.4, -0.2) is 19.5 Å². The smallest absolute Gasteiger partial charge is 0.217 e. The molecule has 1 atom stereocenters. The van der Waals surface area contributed by atoms with E-state index in [1.54, 1.807) is 0 Å². The maximum Gasteiger partial charge on any atom is 0.217 e. The molecule has 0 unspecified atom stereocenters. The van der Waals surface area contributed by atoms with Gasteiger partial charge < -0.3 is 0 Å². The Morgan fingerprint density at radius 2 is 1.39 bits per heavy atom. The maximum absolute atomic E-state index is 10.5. The molecule has 0 rings (SSSR count). The summed E-state index contributed by atoms with van der Waals surface area (Å²) in [6.45, 7) is 15.3. The van der Waals surface area contributed by atoms with Crippen molar-refractivity contribution in [2.75, 3.05) is 6.54 Å². The monoisotopic (exact) mass is 269 g/mol. The fourth-order valence-electron chi connectivity index (χ4n) is 2.95. The van der Waals surface area contributed by atoms with Crippen molar-refractivity contribution in [2.45, 2.75) is 65.1 Å². The van der Waals surface area contributed by atoms with Gasteiger partial charge >= 0.3 is 0 Å². The Morgan fingerprint density at radius 1 is 1.00 bits per heavy atom. The van der Waals surface area contributed by atoms with Gasteiger partial charge in [-0.3, -0.25) is 10.1 Å². The van der Waals surface area contributed by atoms with Gasteiger partial charge in [-0.15, -0.1) is 11.5 Å². The number of rotatable bonds is 5. The maximum atomic E-state index is 10.5. The predicted octanol–water partition coefficient (Wildman–Crippen LogP) is 4.12. The molecule has 0 aliphatic carbocycles. The van der Waals surface area contributed by atoms with E-state index in [0.717, 1.165) is 0 Å². The molecular formula is C14H27NO2Si. The van der Waals surface area contributed by atoms with Crippen LogP contribution in [0.25, 0.3) is 0 Å². The van der Waals surface area contributed by atoms with Crippen molar-refractivity contribution < 1.29 is 4.92 Å². The lowest BCUT2D eigenvalue weighted by atomic mass is 10.2. The Morgan fingerprint density at radius 3 is 1.67 bits per heavy atom. The summed E-state index contributed by atoms with van der Waals surface area (Å²) in [5.74, 6) is 3.02.